The van der Waals surface area contributed by atoms with Gasteiger partial charge < -0.3 is 19.9 Å². The van der Waals surface area contributed by atoms with Crippen LogP contribution in [0.4, 0.5) is 4.79 Å². The van der Waals surface area contributed by atoms with Gasteiger partial charge in [0.05, 0.1) is 12.2 Å². The Morgan fingerprint density at radius 2 is 2.07 bits per heavy atom. The van der Waals surface area contributed by atoms with E-state index in [-0.39, 0.29) is 25.4 Å². The summed E-state index contributed by atoms with van der Waals surface area (Å²) in [6.07, 6.45) is 0.534. The standard InChI is InChI=1S/C8H13NO5/c9-8(11)13-4-7-2-1-6(14-7)3-12-5-10/h5-7H,1-4H2,(H2,9,11)/t6-,7+/m1/s1. The first-order valence-corrected chi connectivity index (χ1v) is 4.35. The van der Waals surface area contributed by atoms with Gasteiger partial charge in [-0.3, -0.25) is 4.79 Å². The lowest BCUT2D eigenvalue weighted by atomic mass is 10.2. The second kappa shape index (κ2) is 5.43. The minimum Gasteiger partial charge on any atom is -0.465 e. The second-order valence-electron chi connectivity index (χ2n) is 3.02. The summed E-state index contributed by atoms with van der Waals surface area (Å²) < 4.78 is 14.5. The first-order chi connectivity index (χ1) is 6.72. The molecule has 14 heavy (non-hydrogen) atoms. The first kappa shape index (κ1) is 10.8. The third-order valence-corrected chi connectivity index (χ3v) is 1.96. The van der Waals surface area contributed by atoms with E-state index >= 15 is 0 Å². The maximum Gasteiger partial charge on any atom is 0.404 e. The van der Waals surface area contributed by atoms with Crippen molar-refractivity contribution < 1.29 is 23.8 Å². The number of primary amides is 1. The van der Waals surface area contributed by atoms with Crippen LogP contribution in [0.3, 0.4) is 0 Å². The minimum absolute atomic E-state index is 0.0957. The van der Waals surface area contributed by atoms with Crippen LogP contribution >= 0.6 is 0 Å². The molecule has 0 aromatic heterocycles. The van der Waals surface area contributed by atoms with Crippen molar-refractivity contribution in [3.8, 4) is 0 Å². The van der Waals surface area contributed by atoms with E-state index in [4.69, 9.17) is 10.5 Å². The summed E-state index contributed by atoms with van der Waals surface area (Å²) in [5, 5.41) is 0. The summed E-state index contributed by atoms with van der Waals surface area (Å²) in [5.74, 6) is 0. The van der Waals surface area contributed by atoms with Gasteiger partial charge in [0.25, 0.3) is 6.47 Å². The smallest absolute Gasteiger partial charge is 0.404 e. The molecule has 6 nitrogen and oxygen atoms in total. The predicted molar refractivity (Wildman–Crippen MR) is 45.4 cm³/mol. The van der Waals surface area contributed by atoms with Crippen LogP contribution in [0.25, 0.3) is 0 Å². The van der Waals surface area contributed by atoms with Crippen LogP contribution in [0.15, 0.2) is 0 Å². The van der Waals surface area contributed by atoms with Gasteiger partial charge in [-0.1, -0.05) is 0 Å². The number of hydrogen-bond donors (Lipinski definition) is 1. The summed E-state index contributed by atoms with van der Waals surface area (Å²) in [6, 6.07) is 0. The van der Waals surface area contributed by atoms with Crippen LogP contribution in [0.5, 0.6) is 0 Å². The van der Waals surface area contributed by atoms with E-state index in [0.717, 1.165) is 12.8 Å². The molecule has 1 fully saturated rings. The highest BCUT2D eigenvalue weighted by atomic mass is 16.6. The lowest BCUT2D eigenvalue weighted by Gasteiger charge is -2.12. The zero-order valence-electron chi connectivity index (χ0n) is 7.68. The van der Waals surface area contributed by atoms with Gasteiger partial charge in [-0.25, -0.2) is 4.79 Å². The molecule has 2 N–H and O–H groups in total. The number of rotatable bonds is 5. The summed E-state index contributed by atoms with van der Waals surface area (Å²) in [4.78, 5) is 20.2. The molecule has 1 aliphatic heterocycles. The minimum atomic E-state index is -0.804. The molecule has 1 rings (SSSR count). The highest BCUT2D eigenvalue weighted by molar-refractivity contribution is 5.64. The van der Waals surface area contributed by atoms with Gasteiger partial charge in [0.2, 0.25) is 0 Å². The van der Waals surface area contributed by atoms with Crippen LogP contribution in [0, 0.1) is 0 Å². The number of carbonyl (C=O) groups excluding carboxylic acids is 2. The zero-order chi connectivity index (χ0) is 10.4. The highest BCUT2D eigenvalue weighted by Crippen LogP contribution is 2.19. The van der Waals surface area contributed by atoms with Crippen molar-refractivity contribution in [3.05, 3.63) is 0 Å². The van der Waals surface area contributed by atoms with E-state index in [2.05, 4.69) is 9.47 Å². The number of ether oxygens (including phenoxy) is 3. The fraction of sp³-hybridized carbons (Fsp3) is 0.750. The molecule has 1 saturated heterocycles. The Morgan fingerprint density at radius 1 is 1.43 bits per heavy atom. The molecule has 1 amide bonds. The van der Waals surface area contributed by atoms with Gasteiger partial charge in [-0.2, -0.15) is 0 Å². The van der Waals surface area contributed by atoms with Crippen molar-refractivity contribution in [3.63, 3.8) is 0 Å². The molecule has 0 radical (unpaired) electrons. The fourth-order valence-corrected chi connectivity index (χ4v) is 1.35. The molecule has 2 atom stereocenters. The van der Waals surface area contributed by atoms with E-state index in [0.29, 0.717) is 6.47 Å². The Labute approximate surface area is 81.3 Å². The average Bonchev–Trinajstić information content (AvgIpc) is 2.59. The van der Waals surface area contributed by atoms with Crippen LogP contribution in [0.1, 0.15) is 12.8 Å². The number of nitrogens with two attached hydrogens (primary N) is 1. The number of carbonyl (C=O) groups is 2. The highest BCUT2D eigenvalue weighted by Gasteiger charge is 2.26. The molecule has 0 unspecified atom stereocenters. The fourth-order valence-electron chi connectivity index (χ4n) is 1.35. The number of amides is 1. The summed E-state index contributed by atoms with van der Waals surface area (Å²) in [6.45, 7) is 0.792. The van der Waals surface area contributed by atoms with Crippen LogP contribution < -0.4 is 5.73 Å². The van der Waals surface area contributed by atoms with Crippen molar-refractivity contribution >= 4 is 12.6 Å². The third-order valence-electron chi connectivity index (χ3n) is 1.96. The maximum absolute atomic E-state index is 10.3. The number of hydrogen-bond acceptors (Lipinski definition) is 5. The molecule has 0 aromatic rings. The Morgan fingerprint density at radius 3 is 2.64 bits per heavy atom. The monoisotopic (exact) mass is 203 g/mol. The molecule has 1 heterocycles. The largest absolute Gasteiger partial charge is 0.465 e. The van der Waals surface area contributed by atoms with Gasteiger partial charge in [0.1, 0.15) is 13.2 Å². The molecule has 0 saturated carbocycles. The van der Waals surface area contributed by atoms with E-state index in [1.807, 2.05) is 0 Å². The summed E-state index contributed by atoms with van der Waals surface area (Å²) >= 11 is 0. The van der Waals surface area contributed by atoms with Crippen LogP contribution in [0.2, 0.25) is 0 Å². The Kier molecular flexibility index (Phi) is 4.18. The third kappa shape index (κ3) is 3.61. The van der Waals surface area contributed by atoms with Gasteiger partial charge in [0, 0.05) is 0 Å². The summed E-state index contributed by atoms with van der Waals surface area (Å²) in [5.41, 5.74) is 4.80. The zero-order valence-corrected chi connectivity index (χ0v) is 7.68. The molecule has 6 heteroatoms. The van der Waals surface area contributed by atoms with Gasteiger partial charge in [-0.05, 0) is 12.8 Å². The van der Waals surface area contributed by atoms with E-state index in [1.54, 1.807) is 0 Å². The van der Waals surface area contributed by atoms with E-state index < -0.39 is 6.09 Å². The summed E-state index contributed by atoms with van der Waals surface area (Å²) in [7, 11) is 0. The SMILES string of the molecule is NC(=O)OC[C@@H]1CC[C@H](COC=O)O1. The van der Waals surface area contributed by atoms with E-state index in [1.165, 1.54) is 0 Å². The molecule has 0 aliphatic carbocycles. The molecule has 0 spiro atoms. The van der Waals surface area contributed by atoms with Crippen molar-refractivity contribution in [2.24, 2.45) is 5.73 Å². The Hall–Kier alpha value is -1.30. The van der Waals surface area contributed by atoms with Crippen LogP contribution in [-0.4, -0.2) is 38.0 Å². The van der Waals surface area contributed by atoms with Crippen molar-refractivity contribution in [2.45, 2.75) is 25.0 Å². The lowest BCUT2D eigenvalue weighted by molar-refractivity contribution is -0.132. The molecule has 1 aliphatic rings. The maximum atomic E-state index is 10.3. The van der Waals surface area contributed by atoms with Crippen LogP contribution in [-0.2, 0) is 19.0 Å². The van der Waals surface area contributed by atoms with Gasteiger partial charge in [0.15, 0.2) is 0 Å². The van der Waals surface area contributed by atoms with Crippen molar-refractivity contribution in [1.82, 2.24) is 0 Å². The second-order valence-corrected chi connectivity index (χ2v) is 3.02. The molecule has 0 aromatic carbocycles. The molecule has 0 bridgehead atoms. The Bertz CT molecular complexity index is 208. The normalized spacial score (nSPS) is 25.7. The topological polar surface area (TPSA) is 87.9 Å². The average molecular weight is 203 g/mol. The predicted octanol–water partition coefficient (Wildman–Crippen LogP) is -0.198. The van der Waals surface area contributed by atoms with Crippen molar-refractivity contribution in [1.29, 1.82) is 0 Å². The Balaban J connectivity index is 2.13. The lowest BCUT2D eigenvalue weighted by Crippen LogP contribution is -2.23. The first-order valence-electron chi connectivity index (χ1n) is 4.35. The van der Waals surface area contributed by atoms with Gasteiger partial charge >= 0.3 is 6.09 Å². The molecular formula is C8H13NO5. The molecule has 80 valence electrons. The van der Waals surface area contributed by atoms with Gasteiger partial charge in [-0.15, -0.1) is 0 Å². The van der Waals surface area contributed by atoms with Crippen molar-refractivity contribution in [2.75, 3.05) is 13.2 Å². The molecular weight excluding hydrogens is 190 g/mol. The van der Waals surface area contributed by atoms with E-state index in [9.17, 15) is 9.59 Å². The quantitative estimate of drug-likeness (QED) is 0.625.